The Morgan fingerprint density at radius 1 is 1.11 bits per heavy atom. The van der Waals surface area contributed by atoms with E-state index in [0.29, 0.717) is 15.8 Å². The highest BCUT2D eigenvalue weighted by atomic mass is 35.5. The average Bonchev–Trinajstić information content (AvgIpc) is 2.41. The number of hydrogen-bond donors (Lipinski definition) is 1. The Hall–Kier alpha value is -1.22. The maximum Gasteiger partial charge on any atom is 0.137 e. The van der Waals surface area contributed by atoms with Gasteiger partial charge in [0.15, 0.2) is 0 Å². The van der Waals surface area contributed by atoms with Gasteiger partial charge in [0.2, 0.25) is 0 Å². The molecule has 100 valence electrons. The molecule has 0 amide bonds. The smallest absolute Gasteiger partial charge is 0.137 e. The summed E-state index contributed by atoms with van der Waals surface area (Å²) in [6, 6.07) is 11.0. The zero-order valence-corrected chi connectivity index (χ0v) is 12.3. The van der Waals surface area contributed by atoms with Gasteiger partial charge in [-0.1, -0.05) is 41.4 Å². The lowest BCUT2D eigenvalue weighted by Crippen LogP contribution is -2.13. The zero-order chi connectivity index (χ0) is 14.0. The largest absolute Gasteiger partial charge is 0.495 e. The molecule has 1 unspecified atom stereocenters. The Balaban J connectivity index is 2.41. The summed E-state index contributed by atoms with van der Waals surface area (Å²) in [5.41, 5.74) is 9.20. The second-order valence-corrected chi connectivity index (χ2v) is 5.14. The Bertz CT molecular complexity index is 599. The molecular formula is C15H15Cl2NO. The van der Waals surface area contributed by atoms with Gasteiger partial charge in [-0.15, -0.1) is 0 Å². The summed E-state index contributed by atoms with van der Waals surface area (Å²) >= 11 is 12.2. The third kappa shape index (κ3) is 2.86. The fraction of sp³-hybridized carbons (Fsp3) is 0.200. The molecule has 2 rings (SSSR count). The van der Waals surface area contributed by atoms with Gasteiger partial charge in [0.05, 0.1) is 18.2 Å². The van der Waals surface area contributed by atoms with Crippen molar-refractivity contribution in [1.82, 2.24) is 0 Å². The van der Waals surface area contributed by atoms with Crippen molar-refractivity contribution in [3.05, 3.63) is 63.1 Å². The van der Waals surface area contributed by atoms with Crippen LogP contribution in [-0.2, 0) is 0 Å². The topological polar surface area (TPSA) is 35.2 Å². The lowest BCUT2D eigenvalue weighted by molar-refractivity contribution is 0.415. The van der Waals surface area contributed by atoms with Gasteiger partial charge in [0, 0.05) is 5.02 Å². The van der Waals surface area contributed by atoms with Crippen molar-refractivity contribution in [1.29, 1.82) is 0 Å². The monoisotopic (exact) mass is 295 g/mol. The van der Waals surface area contributed by atoms with Gasteiger partial charge in [-0.2, -0.15) is 0 Å². The minimum absolute atomic E-state index is 0.262. The van der Waals surface area contributed by atoms with Crippen molar-refractivity contribution < 1.29 is 4.74 Å². The molecule has 0 spiro atoms. The van der Waals surface area contributed by atoms with E-state index >= 15 is 0 Å². The second-order valence-electron chi connectivity index (χ2n) is 4.33. The van der Waals surface area contributed by atoms with E-state index < -0.39 is 0 Å². The number of halogens is 2. The van der Waals surface area contributed by atoms with Gasteiger partial charge in [0.25, 0.3) is 0 Å². The molecule has 0 fully saturated rings. The van der Waals surface area contributed by atoms with Crippen LogP contribution in [0.2, 0.25) is 10.0 Å². The number of benzene rings is 2. The maximum atomic E-state index is 6.29. The first-order valence-corrected chi connectivity index (χ1v) is 6.64. The van der Waals surface area contributed by atoms with Crippen LogP contribution in [0.5, 0.6) is 5.75 Å². The van der Waals surface area contributed by atoms with Crippen LogP contribution in [-0.4, -0.2) is 7.11 Å². The van der Waals surface area contributed by atoms with Gasteiger partial charge in [-0.25, -0.2) is 0 Å². The number of ether oxygens (including phenoxy) is 1. The van der Waals surface area contributed by atoms with Crippen molar-refractivity contribution in [2.24, 2.45) is 5.73 Å². The highest BCUT2D eigenvalue weighted by Gasteiger charge is 2.14. The first-order chi connectivity index (χ1) is 9.04. The summed E-state index contributed by atoms with van der Waals surface area (Å²) in [7, 11) is 1.59. The predicted octanol–water partition coefficient (Wildman–Crippen LogP) is 4.36. The quantitative estimate of drug-likeness (QED) is 0.913. The van der Waals surface area contributed by atoms with E-state index in [-0.39, 0.29) is 6.04 Å². The Morgan fingerprint density at radius 3 is 2.47 bits per heavy atom. The molecule has 0 saturated carbocycles. The summed E-state index contributed by atoms with van der Waals surface area (Å²) in [6.07, 6.45) is 0. The van der Waals surface area contributed by atoms with E-state index in [0.717, 1.165) is 16.7 Å². The summed E-state index contributed by atoms with van der Waals surface area (Å²) in [4.78, 5) is 0. The van der Waals surface area contributed by atoms with Gasteiger partial charge < -0.3 is 10.5 Å². The van der Waals surface area contributed by atoms with Crippen molar-refractivity contribution in [3.8, 4) is 5.75 Å². The number of rotatable bonds is 3. The first-order valence-electron chi connectivity index (χ1n) is 5.88. The minimum atomic E-state index is -0.262. The third-order valence-electron chi connectivity index (χ3n) is 3.18. The molecule has 0 aliphatic heterocycles. The Morgan fingerprint density at radius 2 is 1.84 bits per heavy atom. The number of hydrogen-bond acceptors (Lipinski definition) is 2. The van der Waals surface area contributed by atoms with Crippen molar-refractivity contribution in [3.63, 3.8) is 0 Å². The SMILES string of the molecule is COc1ccc(C(N)c2cccc(Cl)c2C)cc1Cl. The van der Waals surface area contributed by atoms with Crippen LogP contribution in [0.3, 0.4) is 0 Å². The summed E-state index contributed by atoms with van der Waals surface area (Å²) in [6.45, 7) is 1.96. The fourth-order valence-electron chi connectivity index (χ4n) is 2.02. The van der Waals surface area contributed by atoms with E-state index in [1.165, 1.54) is 0 Å². The van der Waals surface area contributed by atoms with Gasteiger partial charge in [-0.05, 0) is 41.8 Å². The number of methoxy groups -OCH3 is 1. The van der Waals surface area contributed by atoms with Crippen LogP contribution in [0.25, 0.3) is 0 Å². The third-order valence-corrected chi connectivity index (χ3v) is 3.88. The molecule has 0 aliphatic rings. The van der Waals surface area contributed by atoms with E-state index in [4.69, 9.17) is 33.7 Å². The van der Waals surface area contributed by atoms with E-state index in [9.17, 15) is 0 Å². The molecule has 0 bridgehead atoms. The fourth-order valence-corrected chi connectivity index (χ4v) is 2.46. The van der Waals surface area contributed by atoms with Crippen LogP contribution in [0.4, 0.5) is 0 Å². The molecule has 2 nitrogen and oxygen atoms in total. The normalized spacial score (nSPS) is 12.3. The molecular weight excluding hydrogens is 281 g/mol. The van der Waals surface area contributed by atoms with Crippen LogP contribution in [0.1, 0.15) is 22.7 Å². The van der Waals surface area contributed by atoms with Gasteiger partial charge >= 0.3 is 0 Å². The van der Waals surface area contributed by atoms with Crippen LogP contribution in [0.15, 0.2) is 36.4 Å². The standard InChI is InChI=1S/C15H15Cl2NO/c1-9-11(4-3-5-12(9)16)15(18)10-6-7-14(19-2)13(17)8-10/h3-8,15H,18H2,1-2H3. The van der Waals surface area contributed by atoms with Crippen LogP contribution < -0.4 is 10.5 Å². The predicted molar refractivity (Wildman–Crippen MR) is 80.2 cm³/mol. The van der Waals surface area contributed by atoms with E-state index in [1.54, 1.807) is 7.11 Å². The highest BCUT2D eigenvalue weighted by Crippen LogP contribution is 2.31. The second kappa shape index (κ2) is 5.83. The molecule has 0 radical (unpaired) electrons. The van der Waals surface area contributed by atoms with Gasteiger partial charge in [-0.3, -0.25) is 0 Å². The summed E-state index contributed by atoms with van der Waals surface area (Å²) in [5.74, 6) is 0.639. The first kappa shape index (κ1) is 14.2. The molecule has 1 atom stereocenters. The van der Waals surface area contributed by atoms with Crippen LogP contribution >= 0.6 is 23.2 Å². The molecule has 19 heavy (non-hydrogen) atoms. The Labute approximate surface area is 123 Å². The highest BCUT2D eigenvalue weighted by molar-refractivity contribution is 6.32. The minimum Gasteiger partial charge on any atom is -0.495 e. The lowest BCUT2D eigenvalue weighted by atomic mass is 9.96. The molecule has 2 aromatic rings. The molecule has 0 saturated heterocycles. The average molecular weight is 296 g/mol. The zero-order valence-electron chi connectivity index (χ0n) is 10.8. The molecule has 0 heterocycles. The lowest BCUT2D eigenvalue weighted by Gasteiger charge is -2.17. The summed E-state index contributed by atoms with van der Waals surface area (Å²) < 4.78 is 5.13. The van der Waals surface area contributed by atoms with Gasteiger partial charge in [0.1, 0.15) is 5.75 Å². The molecule has 0 aliphatic carbocycles. The van der Waals surface area contributed by atoms with Crippen molar-refractivity contribution >= 4 is 23.2 Å². The van der Waals surface area contributed by atoms with Crippen molar-refractivity contribution in [2.45, 2.75) is 13.0 Å². The van der Waals surface area contributed by atoms with E-state index in [2.05, 4.69) is 0 Å². The Kier molecular flexibility index (Phi) is 4.35. The molecule has 4 heteroatoms. The molecule has 2 aromatic carbocycles. The maximum absolute atomic E-state index is 6.29. The molecule has 0 aromatic heterocycles. The number of nitrogens with two attached hydrogens (primary N) is 1. The summed E-state index contributed by atoms with van der Waals surface area (Å²) in [5, 5.41) is 1.27. The van der Waals surface area contributed by atoms with Crippen molar-refractivity contribution in [2.75, 3.05) is 7.11 Å². The van der Waals surface area contributed by atoms with Crippen LogP contribution in [0, 0.1) is 6.92 Å². The molecule has 2 N–H and O–H groups in total. The van der Waals surface area contributed by atoms with E-state index in [1.807, 2.05) is 43.3 Å².